The van der Waals surface area contributed by atoms with Crippen LogP contribution in [0.5, 0.6) is 0 Å². The molecule has 0 radical (unpaired) electrons. The number of carbonyl (C=O) groups excluding carboxylic acids is 1. The van der Waals surface area contributed by atoms with Gasteiger partial charge in [-0.25, -0.2) is 0 Å². The molecule has 0 spiro atoms. The van der Waals surface area contributed by atoms with Gasteiger partial charge in [0.25, 0.3) is 0 Å². The second kappa shape index (κ2) is 6.61. The summed E-state index contributed by atoms with van der Waals surface area (Å²) in [5, 5.41) is 4.18. The van der Waals surface area contributed by atoms with Crippen LogP contribution >= 0.6 is 11.6 Å². The van der Waals surface area contributed by atoms with Crippen molar-refractivity contribution in [3.8, 4) is 0 Å². The molecular formula is C17H25ClN2O2. The van der Waals surface area contributed by atoms with E-state index in [0.717, 1.165) is 30.1 Å². The molecule has 5 heteroatoms. The summed E-state index contributed by atoms with van der Waals surface area (Å²) in [7, 11) is 0. The van der Waals surface area contributed by atoms with Crippen LogP contribution in [0.25, 0.3) is 0 Å². The van der Waals surface area contributed by atoms with Gasteiger partial charge in [0.05, 0.1) is 5.69 Å². The number of likely N-dealkylation sites (tertiary alicyclic amines) is 1. The van der Waals surface area contributed by atoms with E-state index in [-0.39, 0.29) is 5.91 Å². The van der Waals surface area contributed by atoms with E-state index in [1.165, 1.54) is 25.7 Å². The van der Waals surface area contributed by atoms with Crippen LogP contribution in [0.2, 0.25) is 5.22 Å². The second-order valence-electron chi connectivity index (χ2n) is 6.89. The van der Waals surface area contributed by atoms with Crippen molar-refractivity contribution >= 4 is 17.5 Å². The summed E-state index contributed by atoms with van der Waals surface area (Å²) in [4.78, 5) is 14.9. The fraction of sp³-hybridized carbons (Fsp3) is 0.765. The normalized spacial score (nSPS) is 28.5. The second-order valence-corrected chi connectivity index (χ2v) is 7.23. The van der Waals surface area contributed by atoms with Crippen LogP contribution in [0.3, 0.4) is 0 Å². The van der Waals surface area contributed by atoms with Crippen molar-refractivity contribution in [2.75, 3.05) is 6.54 Å². The van der Waals surface area contributed by atoms with Crippen molar-refractivity contribution in [1.29, 1.82) is 0 Å². The molecule has 1 saturated carbocycles. The number of hydrogen-bond acceptors (Lipinski definition) is 3. The van der Waals surface area contributed by atoms with Crippen LogP contribution < -0.4 is 0 Å². The molecule has 122 valence electrons. The monoisotopic (exact) mass is 324 g/mol. The number of amides is 1. The lowest BCUT2D eigenvalue weighted by molar-refractivity contribution is -0.139. The Morgan fingerprint density at radius 3 is 2.86 bits per heavy atom. The number of carbonyl (C=O) groups is 1. The maximum Gasteiger partial charge on any atom is 0.229 e. The van der Waals surface area contributed by atoms with Crippen LogP contribution in [0.1, 0.15) is 56.7 Å². The Morgan fingerprint density at radius 1 is 1.36 bits per heavy atom. The Hall–Kier alpha value is -1.03. The molecule has 0 unspecified atom stereocenters. The summed E-state index contributed by atoms with van der Waals surface area (Å²) in [6.07, 6.45) is 7.30. The van der Waals surface area contributed by atoms with Crippen LogP contribution in [0.15, 0.2) is 4.52 Å². The van der Waals surface area contributed by atoms with Crippen LogP contribution in [-0.2, 0) is 11.2 Å². The van der Waals surface area contributed by atoms with Gasteiger partial charge in [-0.2, -0.15) is 0 Å². The van der Waals surface area contributed by atoms with Crippen molar-refractivity contribution in [3.05, 3.63) is 16.5 Å². The average Bonchev–Trinajstić information content (AvgIpc) is 2.84. The third kappa shape index (κ3) is 3.03. The fourth-order valence-corrected chi connectivity index (χ4v) is 4.50. The third-order valence-electron chi connectivity index (χ3n) is 5.58. The zero-order chi connectivity index (χ0) is 15.7. The van der Waals surface area contributed by atoms with Gasteiger partial charge >= 0.3 is 0 Å². The molecule has 2 fully saturated rings. The molecule has 3 rings (SSSR count). The standard InChI is InChI=1S/C17H25ClN2O2/c1-11-9-10-20(15-6-4-3-5-13(11)15)16(21)8-7-14-12(2)19-22-17(14)18/h11,13,15H,3-10H2,1-2H3/t11-,13-,15+/m0/s1. The van der Waals surface area contributed by atoms with Crippen molar-refractivity contribution < 1.29 is 9.32 Å². The smallest absolute Gasteiger partial charge is 0.229 e. The highest BCUT2D eigenvalue weighted by Gasteiger charge is 2.39. The van der Waals surface area contributed by atoms with E-state index < -0.39 is 0 Å². The Balaban J connectivity index is 1.64. The molecule has 2 aliphatic rings. The molecule has 1 amide bonds. The quantitative estimate of drug-likeness (QED) is 0.844. The van der Waals surface area contributed by atoms with Crippen molar-refractivity contribution in [2.24, 2.45) is 11.8 Å². The maximum atomic E-state index is 12.7. The van der Waals surface area contributed by atoms with Gasteiger partial charge in [0, 0.05) is 24.6 Å². The number of nitrogens with zero attached hydrogens (tertiary/aromatic N) is 2. The minimum Gasteiger partial charge on any atom is -0.344 e. The molecule has 1 saturated heterocycles. The Kier molecular flexibility index (Phi) is 4.76. The molecule has 4 nitrogen and oxygen atoms in total. The molecule has 2 heterocycles. The minimum atomic E-state index is 0.264. The lowest BCUT2D eigenvalue weighted by Crippen LogP contribution is -2.52. The largest absolute Gasteiger partial charge is 0.344 e. The number of aromatic nitrogens is 1. The molecule has 1 aromatic rings. The lowest BCUT2D eigenvalue weighted by Gasteiger charge is -2.47. The van der Waals surface area contributed by atoms with Crippen LogP contribution in [0.4, 0.5) is 0 Å². The van der Waals surface area contributed by atoms with Gasteiger partial charge in [0.15, 0.2) is 0 Å². The summed E-state index contributed by atoms with van der Waals surface area (Å²) in [5.41, 5.74) is 1.67. The number of fused-ring (bicyclic) bond motifs is 1. The van der Waals surface area contributed by atoms with E-state index >= 15 is 0 Å². The molecule has 1 aromatic heterocycles. The zero-order valence-electron chi connectivity index (χ0n) is 13.5. The van der Waals surface area contributed by atoms with E-state index in [9.17, 15) is 4.79 Å². The van der Waals surface area contributed by atoms with Crippen LogP contribution in [0, 0.1) is 18.8 Å². The topological polar surface area (TPSA) is 46.3 Å². The Morgan fingerprint density at radius 2 is 2.14 bits per heavy atom. The average molecular weight is 325 g/mol. The summed E-state index contributed by atoms with van der Waals surface area (Å²) in [6, 6.07) is 0.462. The molecule has 0 bridgehead atoms. The molecule has 1 aliphatic carbocycles. The van der Waals surface area contributed by atoms with E-state index in [2.05, 4.69) is 17.0 Å². The van der Waals surface area contributed by atoms with Gasteiger partial charge in [0.1, 0.15) is 0 Å². The first kappa shape index (κ1) is 15.9. The molecule has 0 N–H and O–H groups in total. The maximum absolute atomic E-state index is 12.7. The van der Waals surface area contributed by atoms with Gasteiger partial charge < -0.3 is 9.42 Å². The SMILES string of the molecule is Cc1noc(Cl)c1CCC(=O)N1CC[C@H](C)[C@@H]2CCCC[C@H]21. The van der Waals surface area contributed by atoms with E-state index in [1.807, 2.05) is 6.92 Å². The summed E-state index contributed by atoms with van der Waals surface area (Å²) in [6.45, 7) is 5.14. The molecule has 0 aromatic carbocycles. The lowest BCUT2D eigenvalue weighted by atomic mass is 9.72. The number of piperidine rings is 1. The van der Waals surface area contributed by atoms with Crippen LogP contribution in [-0.4, -0.2) is 28.6 Å². The predicted molar refractivity (Wildman–Crippen MR) is 85.8 cm³/mol. The predicted octanol–water partition coefficient (Wildman–Crippen LogP) is 4.00. The first-order valence-corrected chi connectivity index (χ1v) is 8.86. The fourth-order valence-electron chi connectivity index (χ4n) is 4.24. The highest BCUT2D eigenvalue weighted by atomic mass is 35.5. The molecular weight excluding hydrogens is 300 g/mol. The molecule has 22 heavy (non-hydrogen) atoms. The van der Waals surface area contributed by atoms with Gasteiger partial charge in [-0.1, -0.05) is 24.9 Å². The van der Waals surface area contributed by atoms with Gasteiger partial charge in [-0.05, 0) is 56.0 Å². The molecule has 1 aliphatic heterocycles. The summed E-state index contributed by atoms with van der Waals surface area (Å²) < 4.78 is 4.96. The Labute approximate surface area is 137 Å². The number of aryl methyl sites for hydroxylation is 1. The number of halogens is 1. The summed E-state index contributed by atoms with van der Waals surface area (Å²) in [5.74, 6) is 1.72. The van der Waals surface area contributed by atoms with E-state index in [1.54, 1.807) is 0 Å². The van der Waals surface area contributed by atoms with Gasteiger partial charge in [0.2, 0.25) is 11.1 Å². The first-order chi connectivity index (χ1) is 10.6. The van der Waals surface area contributed by atoms with Gasteiger partial charge in [-0.3, -0.25) is 4.79 Å². The third-order valence-corrected chi connectivity index (χ3v) is 5.88. The van der Waals surface area contributed by atoms with E-state index in [0.29, 0.717) is 30.0 Å². The zero-order valence-corrected chi connectivity index (χ0v) is 14.2. The van der Waals surface area contributed by atoms with Crippen molar-refractivity contribution in [1.82, 2.24) is 10.1 Å². The molecule has 3 atom stereocenters. The van der Waals surface area contributed by atoms with Crippen molar-refractivity contribution in [2.45, 2.75) is 64.8 Å². The highest BCUT2D eigenvalue weighted by Crippen LogP contribution is 2.39. The van der Waals surface area contributed by atoms with Gasteiger partial charge in [-0.15, -0.1) is 0 Å². The first-order valence-electron chi connectivity index (χ1n) is 8.48. The Bertz CT molecular complexity index is 523. The van der Waals surface area contributed by atoms with Crippen molar-refractivity contribution in [3.63, 3.8) is 0 Å². The summed E-state index contributed by atoms with van der Waals surface area (Å²) >= 11 is 5.99. The van der Waals surface area contributed by atoms with E-state index in [4.69, 9.17) is 16.1 Å². The minimum absolute atomic E-state index is 0.264. The number of hydrogen-bond donors (Lipinski definition) is 0. The highest BCUT2D eigenvalue weighted by molar-refractivity contribution is 6.29. The number of rotatable bonds is 3.